The van der Waals surface area contributed by atoms with Gasteiger partial charge in [0.05, 0.1) is 6.42 Å². The summed E-state index contributed by atoms with van der Waals surface area (Å²) in [6, 6.07) is 10.8. The number of rotatable bonds is 8. The molecule has 0 bridgehead atoms. The Kier molecular flexibility index (Phi) is 7.67. The summed E-state index contributed by atoms with van der Waals surface area (Å²) in [4.78, 5) is 26.9. The van der Waals surface area contributed by atoms with E-state index in [0.29, 0.717) is 12.1 Å². The zero-order chi connectivity index (χ0) is 20.7. The van der Waals surface area contributed by atoms with Gasteiger partial charge in [-0.25, -0.2) is 8.78 Å². The van der Waals surface area contributed by atoms with Crippen molar-refractivity contribution in [2.45, 2.75) is 39.8 Å². The lowest BCUT2D eigenvalue weighted by Gasteiger charge is -2.29. The van der Waals surface area contributed by atoms with Crippen LogP contribution in [0.25, 0.3) is 0 Å². The Hall–Kier alpha value is -2.76. The van der Waals surface area contributed by atoms with E-state index in [2.05, 4.69) is 5.32 Å². The predicted octanol–water partition coefficient (Wildman–Crippen LogP) is 3.70. The molecule has 0 saturated heterocycles. The highest BCUT2D eigenvalue weighted by Crippen LogP contribution is 2.14. The smallest absolute Gasteiger partial charge is 0.242 e. The normalized spacial score (nSPS) is 11.9. The number of benzene rings is 2. The molecule has 2 rings (SSSR count). The fourth-order valence-electron chi connectivity index (χ4n) is 2.70. The monoisotopic (exact) mass is 388 g/mol. The molecular formula is C22H26F2N2O2. The van der Waals surface area contributed by atoms with Gasteiger partial charge in [0.1, 0.15) is 17.7 Å². The first-order chi connectivity index (χ1) is 13.3. The highest BCUT2D eigenvalue weighted by atomic mass is 19.1. The van der Waals surface area contributed by atoms with E-state index in [1.165, 1.54) is 29.2 Å². The van der Waals surface area contributed by atoms with E-state index in [1.54, 1.807) is 31.2 Å². The maximum absolute atomic E-state index is 13.2. The third kappa shape index (κ3) is 6.44. The van der Waals surface area contributed by atoms with Crippen LogP contribution < -0.4 is 5.32 Å². The van der Waals surface area contributed by atoms with Gasteiger partial charge in [0.25, 0.3) is 0 Å². The van der Waals surface area contributed by atoms with Crippen molar-refractivity contribution in [2.24, 2.45) is 5.92 Å². The highest BCUT2D eigenvalue weighted by Gasteiger charge is 2.26. The molecule has 0 aliphatic heterocycles. The van der Waals surface area contributed by atoms with Gasteiger partial charge in [0.15, 0.2) is 0 Å². The molecule has 0 aliphatic carbocycles. The number of halogens is 2. The number of amides is 2. The van der Waals surface area contributed by atoms with Crippen LogP contribution in [-0.4, -0.2) is 29.3 Å². The Morgan fingerprint density at radius 2 is 1.39 bits per heavy atom. The molecule has 2 amide bonds. The first-order valence-corrected chi connectivity index (χ1v) is 9.32. The maximum Gasteiger partial charge on any atom is 0.242 e. The second-order valence-electron chi connectivity index (χ2n) is 7.27. The summed E-state index contributed by atoms with van der Waals surface area (Å²) in [5, 5.41) is 2.84. The molecule has 0 saturated carbocycles. The summed E-state index contributed by atoms with van der Waals surface area (Å²) in [5.41, 5.74) is 1.38. The largest absolute Gasteiger partial charge is 0.354 e. The van der Waals surface area contributed by atoms with Crippen molar-refractivity contribution in [3.8, 4) is 0 Å². The van der Waals surface area contributed by atoms with Gasteiger partial charge in [-0.2, -0.15) is 0 Å². The number of carbonyl (C=O) groups excluding carboxylic acids is 2. The quantitative estimate of drug-likeness (QED) is 0.750. The van der Waals surface area contributed by atoms with E-state index in [4.69, 9.17) is 0 Å². The first kappa shape index (κ1) is 21.5. The number of nitrogens with zero attached hydrogens (tertiary/aromatic N) is 1. The summed E-state index contributed by atoms with van der Waals surface area (Å²) in [5.74, 6) is -0.959. The molecule has 0 unspecified atom stereocenters. The van der Waals surface area contributed by atoms with Crippen LogP contribution in [0.4, 0.5) is 8.78 Å². The summed E-state index contributed by atoms with van der Waals surface area (Å²) in [6.45, 7) is 6.33. The summed E-state index contributed by atoms with van der Waals surface area (Å²) < 4.78 is 26.3. The molecule has 0 radical (unpaired) electrons. The third-order valence-corrected chi connectivity index (χ3v) is 4.39. The maximum atomic E-state index is 13.2. The number of hydrogen-bond acceptors (Lipinski definition) is 2. The van der Waals surface area contributed by atoms with Crippen LogP contribution in [0, 0.1) is 17.6 Å². The van der Waals surface area contributed by atoms with Crippen LogP contribution in [-0.2, 0) is 22.6 Å². The predicted molar refractivity (Wildman–Crippen MR) is 104 cm³/mol. The van der Waals surface area contributed by atoms with Gasteiger partial charge < -0.3 is 10.2 Å². The van der Waals surface area contributed by atoms with Crippen LogP contribution in [0.1, 0.15) is 31.9 Å². The minimum atomic E-state index is -0.697. The summed E-state index contributed by atoms with van der Waals surface area (Å²) in [6.07, 6.45) is 0.0449. The second kappa shape index (κ2) is 9.97. The van der Waals surface area contributed by atoms with Crippen LogP contribution >= 0.6 is 0 Å². The molecule has 6 heteroatoms. The molecule has 0 heterocycles. The minimum absolute atomic E-state index is 0.0449. The highest BCUT2D eigenvalue weighted by molar-refractivity contribution is 5.88. The van der Waals surface area contributed by atoms with E-state index < -0.39 is 6.04 Å². The zero-order valence-corrected chi connectivity index (χ0v) is 16.4. The van der Waals surface area contributed by atoms with Crippen LogP contribution in [0.2, 0.25) is 0 Å². The Morgan fingerprint density at radius 3 is 1.89 bits per heavy atom. The van der Waals surface area contributed by atoms with E-state index in [1.807, 2.05) is 13.8 Å². The standard InChI is InChI=1S/C22H26F2N2O2/c1-15(2)13-25-22(28)16(3)26(14-18-6-10-20(24)11-7-18)21(27)12-17-4-8-19(23)9-5-17/h4-11,15-16H,12-14H2,1-3H3,(H,25,28)/t16-/m1/s1. The number of hydrogen-bond donors (Lipinski definition) is 1. The molecule has 4 nitrogen and oxygen atoms in total. The summed E-state index contributed by atoms with van der Waals surface area (Å²) >= 11 is 0. The molecule has 28 heavy (non-hydrogen) atoms. The van der Waals surface area contributed by atoms with Crippen molar-refractivity contribution in [1.29, 1.82) is 0 Å². The third-order valence-electron chi connectivity index (χ3n) is 4.39. The SMILES string of the molecule is CC(C)CNC(=O)[C@@H](C)N(Cc1ccc(F)cc1)C(=O)Cc1ccc(F)cc1. The zero-order valence-electron chi connectivity index (χ0n) is 16.4. The van der Waals surface area contributed by atoms with Crippen molar-refractivity contribution in [3.05, 3.63) is 71.3 Å². The molecule has 0 aromatic heterocycles. The number of nitrogens with one attached hydrogen (secondary N) is 1. The van der Waals surface area contributed by atoms with Crippen molar-refractivity contribution < 1.29 is 18.4 Å². The topological polar surface area (TPSA) is 49.4 Å². The number of carbonyl (C=O) groups is 2. The van der Waals surface area contributed by atoms with Crippen molar-refractivity contribution >= 4 is 11.8 Å². The van der Waals surface area contributed by atoms with Gasteiger partial charge in [-0.15, -0.1) is 0 Å². The summed E-state index contributed by atoms with van der Waals surface area (Å²) in [7, 11) is 0. The van der Waals surface area contributed by atoms with Gasteiger partial charge in [-0.05, 0) is 48.2 Å². The van der Waals surface area contributed by atoms with E-state index in [-0.39, 0.29) is 42.3 Å². The van der Waals surface area contributed by atoms with Gasteiger partial charge in [-0.1, -0.05) is 38.1 Å². The average molecular weight is 388 g/mol. The van der Waals surface area contributed by atoms with Crippen molar-refractivity contribution in [1.82, 2.24) is 10.2 Å². The lowest BCUT2D eigenvalue weighted by Crippen LogP contribution is -2.48. The molecule has 0 aliphatic rings. The van der Waals surface area contributed by atoms with Gasteiger partial charge in [0.2, 0.25) is 11.8 Å². The van der Waals surface area contributed by atoms with E-state index >= 15 is 0 Å². The Balaban J connectivity index is 2.18. The van der Waals surface area contributed by atoms with E-state index in [0.717, 1.165) is 5.56 Å². The Bertz CT molecular complexity index is 789. The van der Waals surface area contributed by atoms with Crippen molar-refractivity contribution in [3.63, 3.8) is 0 Å². The Labute approximate surface area is 164 Å². The van der Waals surface area contributed by atoms with Gasteiger partial charge in [-0.3, -0.25) is 9.59 Å². The molecule has 1 atom stereocenters. The second-order valence-corrected chi connectivity index (χ2v) is 7.27. The van der Waals surface area contributed by atoms with Crippen molar-refractivity contribution in [2.75, 3.05) is 6.54 Å². The van der Waals surface area contributed by atoms with Crippen LogP contribution in [0.3, 0.4) is 0 Å². The molecular weight excluding hydrogens is 362 g/mol. The van der Waals surface area contributed by atoms with Gasteiger partial charge >= 0.3 is 0 Å². The average Bonchev–Trinajstić information content (AvgIpc) is 2.66. The lowest BCUT2D eigenvalue weighted by molar-refractivity contribution is -0.140. The van der Waals surface area contributed by atoms with Gasteiger partial charge in [0, 0.05) is 13.1 Å². The molecule has 1 N–H and O–H groups in total. The Morgan fingerprint density at radius 1 is 0.893 bits per heavy atom. The molecule has 0 fully saturated rings. The molecule has 150 valence electrons. The molecule has 2 aromatic carbocycles. The first-order valence-electron chi connectivity index (χ1n) is 9.32. The van der Waals surface area contributed by atoms with Crippen LogP contribution in [0.15, 0.2) is 48.5 Å². The van der Waals surface area contributed by atoms with E-state index in [9.17, 15) is 18.4 Å². The van der Waals surface area contributed by atoms with Crippen LogP contribution in [0.5, 0.6) is 0 Å². The fraction of sp³-hybridized carbons (Fsp3) is 0.364. The molecule has 2 aromatic rings. The minimum Gasteiger partial charge on any atom is -0.354 e. The lowest BCUT2D eigenvalue weighted by atomic mass is 10.1. The fourth-order valence-corrected chi connectivity index (χ4v) is 2.70. The molecule has 0 spiro atoms.